The largest absolute Gasteiger partial charge is 0.483 e. The summed E-state index contributed by atoms with van der Waals surface area (Å²) in [6.45, 7) is 6.51. The van der Waals surface area contributed by atoms with Crippen LogP contribution in [-0.2, 0) is 29.0 Å². The Morgan fingerprint density at radius 3 is 2.37 bits per heavy atom. The molecule has 3 aromatic rings. The zero-order chi connectivity index (χ0) is 27.7. The summed E-state index contributed by atoms with van der Waals surface area (Å²) in [5.74, 6) is 0.263. The molecule has 5 nitrogen and oxygen atoms in total. The lowest BCUT2D eigenvalue weighted by atomic mass is 10.0. The van der Waals surface area contributed by atoms with Gasteiger partial charge in [-0.15, -0.1) is 0 Å². The Kier molecular flexibility index (Phi) is 11.5. The number of nitrogens with zero attached hydrogens (tertiary/aromatic N) is 1. The highest BCUT2D eigenvalue weighted by atomic mass is 79.9. The van der Waals surface area contributed by atoms with Crippen molar-refractivity contribution < 1.29 is 14.3 Å². The highest BCUT2D eigenvalue weighted by Gasteiger charge is 2.31. The van der Waals surface area contributed by atoms with Crippen LogP contribution in [0.1, 0.15) is 37.5 Å². The van der Waals surface area contributed by atoms with Gasteiger partial charge in [-0.2, -0.15) is 0 Å². The van der Waals surface area contributed by atoms with Crippen molar-refractivity contribution in [1.82, 2.24) is 10.2 Å². The highest BCUT2D eigenvalue weighted by Crippen LogP contribution is 2.27. The molecule has 0 heterocycles. The van der Waals surface area contributed by atoms with Gasteiger partial charge in [0, 0.05) is 29.6 Å². The van der Waals surface area contributed by atoms with Gasteiger partial charge in [-0.25, -0.2) is 0 Å². The van der Waals surface area contributed by atoms with Gasteiger partial charge in [-0.05, 0) is 69.2 Å². The second-order valence-corrected chi connectivity index (χ2v) is 11.2. The van der Waals surface area contributed by atoms with Crippen LogP contribution in [0, 0.1) is 5.92 Å². The van der Waals surface area contributed by atoms with Gasteiger partial charge in [0.2, 0.25) is 5.91 Å². The van der Waals surface area contributed by atoms with Crippen LogP contribution in [-0.4, -0.2) is 35.9 Å². The smallest absolute Gasteiger partial charge is 0.261 e. The van der Waals surface area contributed by atoms with Crippen LogP contribution in [0.5, 0.6) is 5.75 Å². The van der Waals surface area contributed by atoms with E-state index >= 15 is 0 Å². The van der Waals surface area contributed by atoms with E-state index in [9.17, 15) is 9.59 Å². The monoisotopic (exact) mass is 618 g/mol. The zero-order valence-corrected chi connectivity index (χ0v) is 24.9. The van der Waals surface area contributed by atoms with Crippen molar-refractivity contribution >= 4 is 50.9 Å². The maximum atomic E-state index is 13.7. The summed E-state index contributed by atoms with van der Waals surface area (Å²) in [7, 11) is 0. The minimum absolute atomic E-state index is 0.126. The predicted octanol–water partition coefficient (Wildman–Crippen LogP) is 7.11. The van der Waals surface area contributed by atoms with E-state index < -0.39 is 6.04 Å². The molecule has 0 fully saturated rings. The number of ether oxygens (including phenoxy) is 1. The Balaban J connectivity index is 1.93. The molecule has 0 saturated heterocycles. The summed E-state index contributed by atoms with van der Waals surface area (Å²) < 4.78 is 6.69. The molecule has 38 heavy (non-hydrogen) atoms. The van der Waals surface area contributed by atoms with Gasteiger partial charge in [0.05, 0.1) is 4.47 Å². The Bertz CT molecular complexity index is 1240. The minimum Gasteiger partial charge on any atom is -0.483 e. The molecule has 0 saturated carbocycles. The molecule has 8 heteroatoms. The Morgan fingerprint density at radius 1 is 1.00 bits per heavy atom. The average molecular weight is 620 g/mol. The molecule has 0 aromatic heterocycles. The molecule has 3 aromatic carbocycles. The number of hydrogen-bond acceptors (Lipinski definition) is 3. The van der Waals surface area contributed by atoms with Gasteiger partial charge >= 0.3 is 0 Å². The molecule has 0 spiro atoms. The number of aryl methyl sites for hydroxylation is 1. The van der Waals surface area contributed by atoms with E-state index in [4.69, 9.17) is 27.9 Å². The van der Waals surface area contributed by atoms with Crippen LogP contribution < -0.4 is 10.1 Å². The number of benzene rings is 3. The van der Waals surface area contributed by atoms with E-state index in [1.54, 1.807) is 23.1 Å². The molecular weight excluding hydrogens is 587 g/mol. The van der Waals surface area contributed by atoms with Crippen LogP contribution in [0.4, 0.5) is 0 Å². The number of carbonyl (C=O) groups excluding carboxylic acids is 2. The maximum absolute atomic E-state index is 13.7. The van der Waals surface area contributed by atoms with Crippen LogP contribution in [0.15, 0.2) is 71.2 Å². The normalized spacial score (nSPS) is 11.8. The Morgan fingerprint density at radius 2 is 1.74 bits per heavy atom. The highest BCUT2D eigenvalue weighted by molar-refractivity contribution is 9.10. The molecular formula is C30H33BrCl2N2O3. The SMILES string of the molecule is CCc1ccc(OCC(=O)N(Cc2ccc(Cl)cc2Cl)[C@@H](Cc2ccccc2)C(=O)NCC(C)C)c(Br)c1. The number of nitrogens with one attached hydrogen (secondary N) is 1. The molecule has 1 N–H and O–H groups in total. The fourth-order valence-electron chi connectivity index (χ4n) is 3.91. The molecule has 202 valence electrons. The van der Waals surface area contributed by atoms with Crippen molar-refractivity contribution in [3.8, 4) is 5.75 Å². The third-order valence-corrected chi connectivity index (χ3v) is 7.27. The van der Waals surface area contributed by atoms with E-state index in [0.717, 1.165) is 22.0 Å². The van der Waals surface area contributed by atoms with E-state index in [1.165, 1.54) is 0 Å². The van der Waals surface area contributed by atoms with Gasteiger partial charge in [0.15, 0.2) is 6.61 Å². The molecule has 0 unspecified atom stereocenters. The molecule has 3 rings (SSSR count). The average Bonchev–Trinajstić information content (AvgIpc) is 2.90. The standard InChI is InChI=1S/C30H33BrCl2N2O3/c1-4-21-10-13-28(25(31)14-21)38-19-29(36)35(18-23-11-12-24(32)16-26(23)33)27(30(37)34-17-20(2)3)15-22-8-6-5-7-9-22/h5-14,16,20,27H,4,15,17-19H2,1-3H3,(H,34,37)/t27-/m0/s1. The fourth-order valence-corrected chi connectivity index (χ4v) is 4.92. The third-order valence-electron chi connectivity index (χ3n) is 6.07. The quantitative estimate of drug-likeness (QED) is 0.235. The van der Waals surface area contributed by atoms with Crippen molar-refractivity contribution in [3.05, 3.63) is 97.9 Å². The summed E-state index contributed by atoms with van der Waals surface area (Å²) in [5, 5.41) is 3.93. The number of hydrogen-bond donors (Lipinski definition) is 1. The van der Waals surface area contributed by atoms with Crippen LogP contribution in [0.3, 0.4) is 0 Å². The number of rotatable bonds is 12. The topological polar surface area (TPSA) is 58.6 Å². The van der Waals surface area contributed by atoms with Gasteiger partial charge < -0.3 is 15.0 Å². The Labute approximate surface area is 243 Å². The number of carbonyl (C=O) groups is 2. The van der Waals surface area contributed by atoms with Gasteiger partial charge in [0.25, 0.3) is 5.91 Å². The molecule has 0 radical (unpaired) electrons. The van der Waals surface area contributed by atoms with Crippen molar-refractivity contribution in [2.75, 3.05) is 13.2 Å². The maximum Gasteiger partial charge on any atom is 0.261 e. The van der Waals surface area contributed by atoms with Crippen LogP contribution in [0.25, 0.3) is 0 Å². The van der Waals surface area contributed by atoms with Crippen molar-refractivity contribution in [1.29, 1.82) is 0 Å². The third kappa shape index (κ3) is 8.75. The molecule has 0 aliphatic carbocycles. The zero-order valence-electron chi connectivity index (χ0n) is 21.8. The molecule has 0 aliphatic rings. The molecule has 0 aliphatic heterocycles. The lowest BCUT2D eigenvalue weighted by Crippen LogP contribution is -2.52. The van der Waals surface area contributed by atoms with E-state index in [2.05, 4.69) is 28.2 Å². The predicted molar refractivity (Wildman–Crippen MR) is 158 cm³/mol. The summed E-state index contributed by atoms with van der Waals surface area (Å²) in [5.41, 5.74) is 2.78. The van der Waals surface area contributed by atoms with Crippen LogP contribution >= 0.6 is 39.1 Å². The second-order valence-electron chi connectivity index (χ2n) is 9.51. The summed E-state index contributed by atoms with van der Waals surface area (Å²) in [4.78, 5) is 28.8. The first kappa shape index (κ1) is 30.0. The number of halogens is 3. The molecule has 2 amide bonds. The first-order valence-electron chi connectivity index (χ1n) is 12.6. The second kappa shape index (κ2) is 14.6. The first-order valence-corrected chi connectivity index (χ1v) is 14.2. The van der Waals surface area contributed by atoms with Gasteiger partial charge in [-0.1, -0.05) is 86.4 Å². The summed E-state index contributed by atoms with van der Waals surface area (Å²) in [6, 6.07) is 19.8. The van der Waals surface area contributed by atoms with Crippen LogP contribution in [0.2, 0.25) is 10.0 Å². The van der Waals surface area contributed by atoms with E-state index in [0.29, 0.717) is 34.3 Å². The molecule has 0 bridgehead atoms. The lowest BCUT2D eigenvalue weighted by Gasteiger charge is -2.32. The fraction of sp³-hybridized carbons (Fsp3) is 0.333. The summed E-state index contributed by atoms with van der Waals surface area (Å²) in [6.07, 6.45) is 1.23. The van der Waals surface area contributed by atoms with Crippen molar-refractivity contribution in [2.45, 2.75) is 46.2 Å². The molecule has 1 atom stereocenters. The van der Waals surface area contributed by atoms with E-state index in [-0.39, 0.29) is 30.9 Å². The van der Waals surface area contributed by atoms with Gasteiger partial charge in [-0.3, -0.25) is 9.59 Å². The Hall–Kier alpha value is -2.54. The minimum atomic E-state index is -0.773. The number of amides is 2. The van der Waals surface area contributed by atoms with Crippen molar-refractivity contribution in [3.63, 3.8) is 0 Å². The lowest BCUT2D eigenvalue weighted by molar-refractivity contribution is -0.142. The first-order chi connectivity index (χ1) is 18.2. The summed E-state index contributed by atoms with van der Waals surface area (Å²) >= 11 is 16.1. The van der Waals surface area contributed by atoms with E-state index in [1.807, 2.05) is 62.4 Å². The van der Waals surface area contributed by atoms with Gasteiger partial charge in [0.1, 0.15) is 11.8 Å². The van der Waals surface area contributed by atoms with Crippen molar-refractivity contribution in [2.24, 2.45) is 5.92 Å².